The van der Waals surface area contributed by atoms with Crippen molar-refractivity contribution in [1.29, 1.82) is 0 Å². The zero-order chi connectivity index (χ0) is 9.69. The standard InChI is InChI=1S/C10H14ClNO/c1-9(2)5-10(9,6-12)7-3-4-8(11)13-7/h3-4H,5-6,12H2,1-2H3. The minimum absolute atomic E-state index is 0.0279. The largest absolute Gasteiger partial charge is 0.449 e. The lowest BCUT2D eigenvalue weighted by molar-refractivity contribution is 0.398. The lowest BCUT2D eigenvalue weighted by Gasteiger charge is -2.14. The average Bonchev–Trinajstić information content (AvgIpc) is 2.43. The molecule has 0 aliphatic heterocycles. The second kappa shape index (κ2) is 2.52. The van der Waals surface area contributed by atoms with Crippen LogP contribution in [0.4, 0.5) is 0 Å². The molecule has 1 fully saturated rings. The van der Waals surface area contributed by atoms with Crippen LogP contribution in [0.3, 0.4) is 0 Å². The van der Waals surface area contributed by atoms with Crippen LogP contribution in [0, 0.1) is 5.41 Å². The zero-order valence-electron chi connectivity index (χ0n) is 7.93. The summed E-state index contributed by atoms with van der Waals surface area (Å²) in [6.07, 6.45) is 1.08. The molecule has 13 heavy (non-hydrogen) atoms. The highest BCUT2D eigenvalue weighted by atomic mass is 35.5. The summed E-state index contributed by atoms with van der Waals surface area (Å²) in [5, 5.41) is 0.450. The summed E-state index contributed by atoms with van der Waals surface area (Å²) in [7, 11) is 0. The molecule has 72 valence electrons. The molecule has 1 atom stereocenters. The molecule has 0 aromatic carbocycles. The van der Waals surface area contributed by atoms with Crippen molar-refractivity contribution in [3.8, 4) is 0 Å². The third-order valence-corrected chi connectivity index (χ3v) is 3.51. The van der Waals surface area contributed by atoms with E-state index in [1.165, 1.54) is 0 Å². The van der Waals surface area contributed by atoms with Gasteiger partial charge in [0.25, 0.3) is 0 Å². The van der Waals surface area contributed by atoms with Crippen LogP contribution >= 0.6 is 11.6 Å². The number of rotatable bonds is 2. The average molecular weight is 200 g/mol. The molecular formula is C10H14ClNO. The van der Waals surface area contributed by atoms with Crippen molar-refractivity contribution in [3.63, 3.8) is 0 Å². The van der Waals surface area contributed by atoms with Gasteiger partial charge in [0.1, 0.15) is 5.76 Å². The number of halogens is 1. The minimum Gasteiger partial charge on any atom is -0.449 e. The number of furan rings is 1. The fraction of sp³-hybridized carbons (Fsp3) is 0.600. The molecule has 2 rings (SSSR count). The molecule has 0 radical (unpaired) electrons. The van der Waals surface area contributed by atoms with Gasteiger partial charge in [0.2, 0.25) is 0 Å². The van der Waals surface area contributed by atoms with Crippen LogP contribution in [-0.2, 0) is 5.41 Å². The Morgan fingerprint density at radius 3 is 2.46 bits per heavy atom. The second-order valence-corrected chi connectivity index (χ2v) is 4.82. The summed E-state index contributed by atoms with van der Waals surface area (Å²) < 4.78 is 5.42. The van der Waals surface area contributed by atoms with Crippen molar-refractivity contribution in [2.24, 2.45) is 11.1 Å². The maximum atomic E-state index is 5.78. The molecule has 0 amide bonds. The summed E-state index contributed by atoms with van der Waals surface area (Å²) >= 11 is 5.74. The van der Waals surface area contributed by atoms with Gasteiger partial charge in [-0.3, -0.25) is 0 Å². The topological polar surface area (TPSA) is 39.2 Å². The van der Waals surface area contributed by atoms with Gasteiger partial charge < -0.3 is 10.2 Å². The third-order valence-electron chi connectivity index (χ3n) is 3.31. The second-order valence-electron chi connectivity index (χ2n) is 4.45. The van der Waals surface area contributed by atoms with E-state index < -0.39 is 0 Å². The van der Waals surface area contributed by atoms with Crippen molar-refractivity contribution in [3.05, 3.63) is 23.1 Å². The van der Waals surface area contributed by atoms with Gasteiger partial charge in [-0.15, -0.1) is 0 Å². The SMILES string of the molecule is CC1(C)CC1(CN)c1ccc(Cl)o1. The van der Waals surface area contributed by atoms with Gasteiger partial charge in [-0.05, 0) is 35.6 Å². The van der Waals surface area contributed by atoms with Gasteiger partial charge in [-0.25, -0.2) is 0 Å². The Bertz CT molecular complexity index is 331. The van der Waals surface area contributed by atoms with E-state index in [2.05, 4.69) is 13.8 Å². The molecule has 1 aromatic rings. The molecule has 2 N–H and O–H groups in total. The summed E-state index contributed by atoms with van der Waals surface area (Å²) in [5.74, 6) is 0.935. The van der Waals surface area contributed by atoms with Crippen LogP contribution in [-0.4, -0.2) is 6.54 Å². The van der Waals surface area contributed by atoms with Gasteiger partial charge in [0.15, 0.2) is 5.22 Å². The molecule has 1 aliphatic carbocycles. The third kappa shape index (κ3) is 1.12. The maximum absolute atomic E-state index is 5.78. The molecule has 0 saturated heterocycles. The molecule has 1 aromatic heterocycles. The molecule has 0 bridgehead atoms. The quantitative estimate of drug-likeness (QED) is 0.795. The summed E-state index contributed by atoms with van der Waals surface area (Å²) in [5.41, 5.74) is 6.06. The van der Waals surface area contributed by atoms with Crippen LogP contribution in [0.2, 0.25) is 5.22 Å². The van der Waals surface area contributed by atoms with Crippen LogP contribution in [0.1, 0.15) is 26.0 Å². The van der Waals surface area contributed by atoms with Gasteiger partial charge in [0, 0.05) is 12.0 Å². The Morgan fingerprint density at radius 2 is 2.15 bits per heavy atom. The monoisotopic (exact) mass is 199 g/mol. The van der Waals surface area contributed by atoms with Gasteiger partial charge in [-0.1, -0.05) is 13.8 Å². The highest BCUT2D eigenvalue weighted by molar-refractivity contribution is 6.28. The Morgan fingerprint density at radius 1 is 1.54 bits per heavy atom. The minimum atomic E-state index is 0.0279. The van der Waals surface area contributed by atoms with Crippen LogP contribution in [0.25, 0.3) is 0 Å². The Kier molecular flexibility index (Phi) is 1.76. The molecule has 3 heteroatoms. The number of hydrogen-bond donors (Lipinski definition) is 1. The Hall–Kier alpha value is -0.470. The first-order valence-electron chi connectivity index (χ1n) is 4.48. The molecule has 1 heterocycles. The van der Waals surface area contributed by atoms with Crippen LogP contribution in [0.5, 0.6) is 0 Å². The fourth-order valence-electron chi connectivity index (χ4n) is 2.15. The smallest absolute Gasteiger partial charge is 0.193 e. The molecule has 1 unspecified atom stereocenters. The molecule has 1 saturated carbocycles. The first-order valence-corrected chi connectivity index (χ1v) is 4.85. The van der Waals surface area contributed by atoms with Crippen molar-refractivity contribution in [2.45, 2.75) is 25.7 Å². The van der Waals surface area contributed by atoms with Crippen molar-refractivity contribution in [1.82, 2.24) is 0 Å². The van der Waals surface area contributed by atoms with Crippen LogP contribution in [0.15, 0.2) is 16.5 Å². The van der Waals surface area contributed by atoms with Gasteiger partial charge in [-0.2, -0.15) is 0 Å². The molecule has 2 nitrogen and oxygen atoms in total. The van der Waals surface area contributed by atoms with E-state index in [1.807, 2.05) is 6.07 Å². The predicted octanol–water partition coefficient (Wildman–Crippen LogP) is 2.56. The van der Waals surface area contributed by atoms with E-state index in [-0.39, 0.29) is 10.8 Å². The summed E-state index contributed by atoms with van der Waals surface area (Å²) in [6, 6.07) is 3.71. The van der Waals surface area contributed by atoms with E-state index in [1.54, 1.807) is 6.07 Å². The maximum Gasteiger partial charge on any atom is 0.193 e. The van der Waals surface area contributed by atoms with Crippen molar-refractivity contribution >= 4 is 11.6 Å². The first kappa shape index (κ1) is 9.10. The predicted molar refractivity (Wildman–Crippen MR) is 52.8 cm³/mol. The fourth-order valence-corrected chi connectivity index (χ4v) is 2.30. The van der Waals surface area contributed by atoms with Gasteiger partial charge in [0.05, 0.1) is 0 Å². The number of hydrogen-bond acceptors (Lipinski definition) is 2. The lowest BCUT2D eigenvalue weighted by Crippen LogP contribution is -2.24. The highest BCUT2D eigenvalue weighted by Crippen LogP contribution is 2.63. The van der Waals surface area contributed by atoms with Crippen molar-refractivity contribution in [2.75, 3.05) is 6.54 Å². The summed E-state index contributed by atoms with van der Waals surface area (Å²) in [4.78, 5) is 0. The highest BCUT2D eigenvalue weighted by Gasteiger charge is 2.63. The van der Waals surface area contributed by atoms with E-state index in [4.69, 9.17) is 21.8 Å². The Balaban J connectivity index is 2.35. The van der Waals surface area contributed by atoms with Gasteiger partial charge >= 0.3 is 0 Å². The van der Waals surface area contributed by atoms with E-state index >= 15 is 0 Å². The van der Waals surface area contributed by atoms with E-state index in [9.17, 15) is 0 Å². The van der Waals surface area contributed by atoms with Crippen LogP contribution < -0.4 is 5.73 Å². The van der Waals surface area contributed by atoms with Crippen molar-refractivity contribution < 1.29 is 4.42 Å². The lowest BCUT2D eigenvalue weighted by atomic mass is 9.93. The van der Waals surface area contributed by atoms with E-state index in [0.717, 1.165) is 12.2 Å². The first-order chi connectivity index (χ1) is 6.02. The molecular weight excluding hydrogens is 186 g/mol. The Labute approximate surface area is 83.1 Å². The number of nitrogens with two attached hydrogens (primary N) is 1. The molecule has 1 aliphatic rings. The molecule has 0 spiro atoms. The zero-order valence-corrected chi connectivity index (χ0v) is 8.69. The summed E-state index contributed by atoms with van der Waals surface area (Å²) in [6.45, 7) is 5.04. The normalized spacial score (nSPS) is 30.5. The van der Waals surface area contributed by atoms with E-state index in [0.29, 0.717) is 11.8 Å².